The highest BCUT2D eigenvalue weighted by atomic mass is 16.5. The number of rotatable bonds is 10. The Kier molecular flexibility index (Phi) is 8.71. The number of amides is 2. The molecule has 0 bridgehead atoms. The predicted octanol–water partition coefficient (Wildman–Crippen LogP) is 4.02. The standard InChI is InChI=1S/C24H32N2O3/c1-5-6-14-25-24(28)20(4)26(16-21-12-9-10-18(2)15-21)23(27)17-29-22-13-8-7-11-19(22)3/h7-13,15,20H,5-6,14,16-17H2,1-4H3,(H,25,28). The fourth-order valence-corrected chi connectivity index (χ4v) is 3.07. The Bertz CT molecular complexity index is 819. The van der Waals surface area contributed by atoms with Crippen LogP contribution in [0.15, 0.2) is 48.5 Å². The molecular weight excluding hydrogens is 364 g/mol. The summed E-state index contributed by atoms with van der Waals surface area (Å²) in [4.78, 5) is 27.2. The lowest BCUT2D eigenvalue weighted by molar-refractivity contribution is -0.142. The highest BCUT2D eigenvalue weighted by Gasteiger charge is 2.26. The Morgan fingerprint density at radius 2 is 1.86 bits per heavy atom. The second kappa shape index (κ2) is 11.2. The molecule has 5 nitrogen and oxygen atoms in total. The third-order valence-electron chi connectivity index (χ3n) is 4.88. The van der Waals surface area contributed by atoms with Gasteiger partial charge in [0.05, 0.1) is 0 Å². The van der Waals surface area contributed by atoms with Crippen LogP contribution in [0.3, 0.4) is 0 Å². The normalized spacial score (nSPS) is 11.6. The van der Waals surface area contributed by atoms with Crippen molar-refractivity contribution in [2.24, 2.45) is 0 Å². The lowest BCUT2D eigenvalue weighted by Crippen LogP contribution is -2.49. The Hall–Kier alpha value is -2.82. The molecule has 0 spiro atoms. The molecule has 1 atom stereocenters. The number of aryl methyl sites for hydroxylation is 2. The highest BCUT2D eigenvalue weighted by molar-refractivity contribution is 5.87. The minimum absolute atomic E-state index is 0.108. The van der Waals surface area contributed by atoms with E-state index in [-0.39, 0.29) is 18.4 Å². The molecule has 1 unspecified atom stereocenters. The molecule has 2 aromatic carbocycles. The van der Waals surface area contributed by atoms with Gasteiger partial charge >= 0.3 is 0 Å². The number of nitrogens with one attached hydrogen (secondary N) is 1. The lowest BCUT2D eigenvalue weighted by Gasteiger charge is -2.29. The first kappa shape index (κ1) is 22.5. The van der Waals surface area contributed by atoms with Crippen LogP contribution in [-0.2, 0) is 16.1 Å². The van der Waals surface area contributed by atoms with Gasteiger partial charge in [0.25, 0.3) is 5.91 Å². The molecule has 2 amide bonds. The van der Waals surface area contributed by atoms with Gasteiger partial charge in [0, 0.05) is 13.1 Å². The summed E-state index contributed by atoms with van der Waals surface area (Å²) in [6.07, 6.45) is 1.92. The zero-order valence-electron chi connectivity index (χ0n) is 17.9. The van der Waals surface area contributed by atoms with E-state index in [1.54, 1.807) is 11.8 Å². The largest absolute Gasteiger partial charge is 0.484 e. The van der Waals surface area contributed by atoms with Crippen LogP contribution in [0, 0.1) is 13.8 Å². The number of hydrogen-bond acceptors (Lipinski definition) is 3. The van der Waals surface area contributed by atoms with Gasteiger partial charge in [-0.1, -0.05) is 61.4 Å². The third kappa shape index (κ3) is 6.93. The van der Waals surface area contributed by atoms with Crippen LogP contribution in [0.2, 0.25) is 0 Å². The smallest absolute Gasteiger partial charge is 0.261 e. The Morgan fingerprint density at radius 1 is 1.10 bits per heavy atom. The Morgan fingerprint density at radius 3 is 2.55 bits per heavy atom. The maximum atomic E-state index is 13.0. The van der Waals surface area contributed by atoms with Crippen LogP contribution in [0.25, 0.3) is 0 Å². The van der Waals surface area contributed by atoms with Crippen molar-refractivity contribution in [3.05, 3.63) is 65.2 Å². The van der Waals surface area contributed by atoms with Crippen molar-refractivity contribution < 1.29 is 14.3 Å². The minimum Gasteiger partial charge on any atom is -0.484 e. The molecule has 0 heterocycles. The van der Waals surface area contributed by atoms with Gasteiger partial charge in [-0.3, -0.25) is 9.59 Å². The average molecular weight is 397 g/mol. The fraction of sp³-hybridized carbons (Fsp3) is 0.417. The van der Waals surface area contributed by atoms with Crippen molar-refractivity contribution in [1.29, 1.82) is 0 Å². The third-order valence-corrected chi connectivity index (χ3v) is 4.88. The number of ether oxygens (including phenoxy) is 1. The molecule has 0 aliphatic carbocycles. The maximum Gasteiger partial charge on any atom is 0.261 e. The molecule has 0 fully saturated rings. The van der Waals surface area contributed by atoms with Crippen LogP contribution in [0.4, 0.5) is 0 Å². The summed E-state index contributed by atoms with van der Waals surface area (Å²) >= 11 is 0. The lowest BCUT2D eigenvalue weighted by atomic mass is 10.1. The minimum atomic E-state index is -0.583. The average Bonchev–Trinajstić information content (AvgIpc) is 2.71. The molecule has 2 rings (SSSR count). The van der Waals surface area contributed by atoms with Crippen molar-refractivity contribution >= 4 is 11.8 Å². The summed E-state index contributed by atoms with van der Waals surface area (Å²) in [6, 6.07) is 15.0. The van der Waals surface area contributed by atoms with Gasteiger partial charge in [-0.05, 0) is 44.4 Å². The van der Waals surface area contributed by atoms with E-state index in [0.29, 0.717) is 18.8 Å². The molecule has 5 heteroatoms. The summed E-state index contributed by atoms with van der Waals surface area (Å²) in [6.45, 7) is 8.66. The monoisotopic (exact) mass is 396 g/mol. The molecule has 0 aliphatic heterocycles. The van der Waals surface area contributed by atoms with Gasteiger partial charge < -0.3 is 15.0 Å². The zero-order valence-corrected chi connectivity index (χ0v) is 17.9. The van der Waals surface area contributed by atoms with Gasteiger partial charge in [-0.2, -0.15) is 0 Å². The molecule has 1 N–H and O–H groups in total. The van der Waals surface area contributed by atoms with E-state index >= 15 is 0 Å². The van der Waals surface area contributed by atoms with E-state index in [1.807, 2.05) is 62.4 Å². The molecule has 0 radical (unpaired) electrons. The van der Waals surface area contributed by atoms with Gasteiger partial charge in [0.1, 0.15) is 11.8 Å². The number of unbranched alkanes of at least 4 members (excludes halogenated alkanes) is 1. The second-order valence-corrected chi connectivity index (χ2v) is 7.39. The first-order chi connectivity index (χ1) is 13.9. The number of para-hydroxylation sites is 1. The van der Waals surface area contributed by atoms with E-state index in [2.05, 4.69) is 12.2 Å². The van der Waals surface area contributed by atoms with E-state index in [9.17, 15) is 9.59 Å². The molecule has 0 saturated carbocycles. The van der Waals surface area contributed by atoms with E-state index < -0.39 is 6.04 Å². The SMILES string of the molecule is CCCCNC(=O)C(C)N(Cc1cccc(C)c1)C(=O)COc1ccccc1C. The zero-order chi connectivity index (χ0) is 21.2. The maximum absolute atomic E-state index is 13.0. The number of benzene rings is 2. The fourth-order valence-electron chi connectivity index (χ4n) is 3.07. The van der Waals surface area contributed by atoms with E-state index in [1.165, 1.54) is 0 Å². The van der Waals surface area contributed by atoms with Crippen LogP contribution < -0.4 is 10.1 Å². The van der Waals surface area contributed by atoms with Crippen LogP contribution in [0.1, 0.15) is 43.4 Å². The van der Waals surface area contributed by atoms with E-state index in [0.717, 1.165) is 29.5 Å². The predicted molar refractivity (Wildman–Crippen MR) is 116 cm³/mol. The van der Waals surface area contributed by atoms with Crippen molar-refractivity contribution in [3.63, 3.8) is 0 Å². The summed E-state index contributed by atoms with van der Waals surface area (Å²) in [5.41, 5.74) is 3.07. The summed E-state index contributed by atoms with van der Waals surface area (Å²) < 4.78 is 5.75. The summed E-state index contributed by atoms with van der Waals surface area (Å²) in [5, 5.41) is 2.93. The second-order valence-electron chi connectivity index (χ2n) is 7.39. The highest BCUT2D eigenvalue weighted by Crippen LogP contribution is 2.17. The quantitative estimate of drug-likeness (QED) is 0.617. The molecule has 156 valence electrons. The summed E-state index contributed by atoms with van der Waals surface area (Å²) in [5.74, 6) is 0.319. The van der Waals surface area contributed by atoms with Crippen molar-refractivity contribution in [1.82, 2.24) is 10.2 Å². The van der Waals surface area contributed by atoms with Gasteiger partial charge in [0.2, 0.25) is 5.91 Å². The van der Waals surface area contributed by atoms with Crippen LogP contribution in [-0.4, -0.2) is 35.9 Å². The molecule has 0 aromatic heterocycles. The van der Waals surface area contributed by atoms with Gasteiger partial charge in [0.15, 0.2) is 6.61 Å². The van der Waals surface area contributed by atoms with Gasteiger partial charge in [-0.25, -0.2) is 0 Å². The molecule has 0 aliphatic rings. The van der Waals surface area contributed by atoms with Crippen LogP contribution >= 0.6 is 0 Å². The number of carbonyl (C=O) groups is 2. The molecule has 2 aromatic rings. The Balaban J connectivity index is 2.12. The number of carbonyl (C=O) groups excluding carboxylic acids is 2. The topological polar surface area (TPSA) is 58.6 Å². The molecular formula is C24H32N2O3. The first-order valence-corrected chi connectivity index (χ1v) is 10.2. The number of hydrogen-bond donors (Lipinski definition) is 1. The van der Waals surface area contributed by atoms with Crippen molar-refractivity contribution in [2.45, 2.75) is 53.1 Å². The Labute approximate surface area is 174 Å². The van der Waals surface area contributed by atoms with E-state index in [4.69, 9.17) is 4.74 Å². The molecule has 0 saturated heterocycles. The first-order valence-electron chi connectivity index (χ1n) is 10.2. The van der Waals surface area contributed by atoms with Crippen molar-refractivity contribution in [3.8, 4) is 5.75 Å². The number of nitrogens with zero attached hydrogens (tertiary/aromatic N) is 1. The van der Waals surface area contributed by atoms with Crippen LogP contribution in [0.5, 0.6) is 5.75 Å². The van der Waals surface area contributed by atoms with Gasteiger partial charge in [-0.15, -0.1) is 0 Å². The van der Waals surface area contributed by atoms with Crippen molar-refractivity contribution in [2.75, 3.05) is 13.2 Å². The summed E-state index contributed by atoms with van der Waals surface area (Å²) in [7, 11) is 0. The molecule has 29 heavy (non-hydrogen) atoms.